The highest BCUT2D eigenvalue weighted by Crippen LogP contribution is 2.41. The zero-order valence-electron chi connectivity index (χ0n) is 17.5. The second-order valence-electron chi connectivity index (χ2n) is 8.98. The van der Waals surface area contributed by atoms with Crippen LogP contribution in [0.2, 0.25) is 0 Å². The van der Waals surface area contributed by atoms with Crippen LogP contribution in [0.1, 0.15) is 50.5 Å². The van der Waals surface area contributed by atoms with Crippen LogP contribution in [0.4, 0.5) is 0 Å². The number of thiophene rings is 1. The van der Waals surface area contributed by atoms with Crippen LogP contribution in [-0.4, -0.2) is 21.6 Å². The molecule has 0 N–H and O–H groups in total. The zero-order valence-corrected chi connectivity index (χ0v) is 18.3. The van der Waals surface area contributed by atoms with Crippen molar-refractivity contribution in [2.45, 2.75) is 59.4 Å². The monoisotopic (exact) mass is 411 g/mol. The molecule has 0 bridgehead atoms. The summed E-state index contributed by atoms with van der Waals surface area (Å²) in [6.07, 6.45) is 4.88. The van der Waals surface area contributed by atoms with Gasteiger partial charge in [-0.15, -0.1) is 16.4 Å². The van der Waals surface area contributed by atoms with E-state index in [4.69, 9.17) is 4.74 Å². The van der Waals surface area contributed by atoms with Crippen molar-refractivity contribution >= 4 is 21.6 Å². The summed E-state index contributed by atoms with van der Waals surface area (Å²) < 4.78 is 7.26. The molecule has 1 aliphatic carbocycles. The Balaban J connectivity index is 1.42. The molecule has 2 aromatic heterocycles. The molecule has 0 amide bonds. The average molecular weight is 412 g/mol. The first-order valence-corrected chi connectivity index (χ1v) is 11.3. The predicted octanol–water partition coefficient (Wildman–Crippen LogP) is 4.86. The molecule has 1 aromatic carbocycles. The lowest BCUT2D eigenvalue weighted by atomic mass is 9.72. The van der Waals surface area contributed by atoms with Crippen molar-refractivity contribution in [3.8, 4) is 5.75 Å². The number of hydrogen-bond donors (Lipinski definition) is 0. The Hall–Kier alpha value is -2.21. The van der Waals surface area contributed by atoms with Gasteiger partial charge in [-0.25, -0.2) is 4.68 Å². The summed E-state index contributed by atoms with van der Waals surface area (Å²) in [5, 5.41) is 9.39. The third-order valence-electron chi connectivity index (χ3n) is 5.94. The first-order valence-electron chi connectivity index (χ1n) is 10.5. The Bertz CT molecular complexity index is 1030. The SMILES string of the molecule is CC(C)(C)C1CCc2c(sc3nnn(CCCCOc4ccccc4)c(=O)c23)C1. The molecule has 0 saturated carbocycles. The highest BCUT2D eigenvalue weighted by atomic mass is 32.1. The minimum atomic E-state index is 0.0192. The Morgan fingerprint density at radius 3 is 2.76 bits per heavy atom. The van der Waals surface area contributed by atoms with Crippen molar-refractivity contribution in [3.05, 3.63) is 51.1 Å². The largest absolute Gasteiger partial charge is 0.494 e. The summed E-state index contributed by atoms with van der Waals surface area (Å²) in [5.41, 5.74) is 1.54. The number of rotatable bonds is 6. The maximum Gasteiger partial charge on any atom is 0.278 e. The maximum atomic E-state index is 13.1. The summed E-state index contributed by atoms with van der Waals surface area (Å²) in [4.78, 5) is 15.2. The number of aryl methyl sites for hydroxylation is 2. The van der Waals surface area contributed by atoms with Gasteiger partial charge in [0.25, 0.3) is 5.56 Å². The van der Waals surface area contributed by atoms with Gasteiger partial charge in [0.05, 0.1) is 12.0 Å². The van der Waals surface area contributed by atoms with Gasteiger partial charge in [0.1, 0.15) is 5.75 Å². The zero-order chi connectivity index (χ0) is 20.4. The highest BCUT2D eigenvalue weighted by molar-refractivity contribution is 7.18. The lowest BCUT2D eigenvalue weighted by Crippen LogP contribution is -2.27. The van der Waals surface area contributed by atoms with E-state index in [1.807, 2.05) is 30.3 Å². The second kappa shape index (κ2) is 8.27. The normalized spacial score (nSPS) is 16.7. The van der Waals surface area contributed by atoms with Crippen LogP contribution in [0.3, 0.4) is 0 Å². The van der Waals surface area contributed by atoms with Gasteiger partial charge >= 0.3 is 0 Å². The molecule has 4 rings (SSSR count). The maximum absolute atomic E-state index is 13.1. The molecule has 3 aromatic rings. The third-order valence-corrected chi connectivity index (χ3v) is 7.08. The molecule has 1 atom stereocenters. The first kappa shape index (κ1) is 20.1. The number of fused-ring (bicyclic) bond motifs is 3. The number of unbranched alkanes of at least 4 members (excludes halogenated alkanes) is 1. The standard InChI is InChI=1S/C23H29N3O2S/c1-23(2,3)16-11-12-18-19(15-16)29-21-20(18)22(27)26(25-24-21)13-7-8-14-28-17-9-5-4-6-10-17/h4-6,9-10,16H,7-8,11-15H2,1-3H3. The fraction of sp³-hybridized carbons (Fsp3) is 0.522. The molecule has 0 aliphatic heterocycles. The second-order valence-corrected chi connectivity index (χ2v) is 10.1. The Morgan fingerprint density at radius 1 is 1.21 bits per heavy atom. The summed E-state index contributed by atoms with van der Waals surface area (Å²) in [5.74, 6) is 1.53. The Kier molecular flexibility index (Phi) is 5.72. The van der Waals surface area contributed by atoms with Crippen LogP contribution in [0, 0.1) is 11.3 Å². The van der Waals surface area contributed by atoms with Crippen LogP contribution < -0.4 is 10.3 Å². The number of para-hydroxylation sites is 1. The lowest BCUT2D eigenvalue weighted by Gasteiger charge is -2.33. The van der Waals surface area contributed by atoms with Crippen LogP contribution in [-0.2, 0) is 19.4 Å². The molecule has 1 unspecified atom stereocenters. The van der Waals surface area contributed by atoms with Gasteiger partial charge in [0, 0.05) is 11.4 Å². The Morgan fingerprint density at radius 2 is 2.00 bits per heavy atom. The van der Waals surface area contributed by atoms with Crippen molar-refractivity contribution in [1.82, 2.24) is 15.0 Å². The van der Waals surface area contributed by atoms with Gasteiger partial charge in [0.15, 0.2) is 4.83 Å². The van der Waals surface area contributed by atoms with E-state index in [0.29, 0.717) is 24.5 Å². The van der Waals surface area contributed by atoms with Crippen molar-refractivity contribution in [2.24, 2.45) is 11.3 Å². The van der Waals surface area contributed by atoms with E-state index in [0.717, 1.165) is 48.1 Å². The molecule has 154 valence electrons. The first-order chi connectivity index (χ1) is 13.9. The topological polar surface area (TPSA) is 57.0 Å². The van der Waals surface area contributed by atoms with Crippen molar-refractivity contribution in [1.29, 1.82) is 0 Å². The van der Waals surface area contributed by atoms with Crippen molar-refractivity contribution in [2.75, 3.05) is 6.61 Å². The molecule has 6 heteroatoms. The van der Waals surface area contributed by atoms with Gasteiger partial charge < -0.3 is 4.74 Å². The molecule has 1 aliphatic rings. The molecular formula is C23H29N3O2S. The van der Waals surface area contributed by atoms with Gasteiger partial charge in [-0.2, -0.15) is 0 Å². The van der Waals surface area contributed by atoms with Gasteiger partial charge in [-0.05, 0) is 61.1 Å². The van der Waals surface area contributed by atoms with E-state index in [-0.39, 0.29) is 5.56 Å². The quantitative estimate of drug-likeness (QED) is 0.543. The summed E-state index contributed by atoms with van der Waals surface area (Å²) in [6.45, 7) is 8.14. The van der Waals surface area contributed by atoms with Gasteiger partial charge in [-0.1, -0.05) is 44.2 Å². The Labute approximate surface area is 175 Å². The van der Waals surface area contributed by atoms with Crippen LogP contribution in [0.5, 0.6) is 5.75 Å². The molecular weight excluding hydrogens is 382 g/mol. The number of nitrogens with zero attached hydrogens (tertiary/aromatic N) is 3. The lowest BCUT2D eigenvalue weighted by molar-refractivity contribution is 0.218. The number of benzene rings is 1. The number of aromatic nitrogens is 3. The molecule has 0 saturated heterocycles. The fourth-order valence-corrected chi connectivity index (χ4v) is 5.32. The number of hydrogen-bond acceptors (Lipinski definition) is 5. The van der Waals surface area contributed by atoms with E-state index >= 15 is 0 Å². The predicted molar refractivity (Wildman–Crippen MR) is 118 cm³/mol. The van der Waals surface area contributed by atoms with Gasteiger partial charge in [-0.3, -0.25) is 4.79 Å². The van der Waals surface area contributed by atoms with Crippen molar-refractivity contribution in [3.63, 3.8) is 0 Å². The molecule has 0 radical (unpaired) electrons. The van der Waals surface area contributed by atoms with E-state index in [2.05, 4.69) is 31.1 Å². The smallest absolute Gasteiger partial charge is 0.278 e. The molecule has 5 nitrogen and oxygen atoms in total. The minimum absolute atomic E-state index is 0.0192. The highest BCUT2D eigenvalue weighted by Gasteiger charge is 2.31. The average Bonchev–Trinajstić information content (AvgIpc) is 3.08. The molecule has 2 heterocycles. The van der Waals surface area contributed by atoms with Crippen LogP contribution >= 0.6 is 11.3 Å². The van der Waals surface area contributed by atoms with E-state index in [9.17, 15) is 4.79 Å². The van der Waals surface area contributed by atoms with Crippen LogP contribution in [0.25, 0.3) is 10.2 Å². The summed E-state index contributed by atoms with van der Waals surface area (Å²) >= 11 is 1.67. The van der Waals surface area contributed by atoms with Gasteiger partial charge in [0.2, 0.25) is 0 Å². The van der Waals surface area contributed by atoms with E-state index in [1.54, 1.807) is 11.3 Å². The third kappa shape index (κ3) is 4.37. The molecule has 0 spiro atoms. The summed E-state index contributed by atoms with van der Waals surface area (Å²) in [6, 6.07) is 9.80. The molecule has 0 fully saturated rings. The van der Waals surface area contributed by atoms with Crippen LogP contribution in [0.15, 0.2) is 35.1 Å². The van der Waals surface area contributed by atoms with Crippen molar-refractivity contribution < 1.29 is 4.74 Å². The van der Waals surface area contributed by atoms with E-state index in [1.165, 1.54) is 15.1 Å². The fourth-order valence-electron chi connectivity index (χ4n) is 4.08. The summed E-state index contributed by atoms with van der Waals surface area (Å²) in [7, 11) is 0. The minimum Gasteiger partial charge on any atom is -0.494 e. The molecule has 29 heavy (non-hydrogen) atoms. The number of ether oxygens (including phenoxy) is 1. The van der Waals surface area contributed by atoms with E-state index < -0.39 is 0 Å².